The van der Waals surface area contributed by atoms with Gasteiger partial charge in [-0.25, -0.2) is 9.78 Å². The predicted molar refractivity (Wildman–Crippen MR) is 65.9 cm³/mol. The van der Waals surface area contributed by atoms with Crippen LogP contribution >= 0.6 is 0 Å². The lowest BCUT2D eigenvalue weighted by molar-refractivity contribution is 0.0694. The van der Waals surface area contributed by atoms with Gasteiger partial charge in [0.05, 0.1) is 5.39 Å². The molecular formula is C13H12N2O3. The molecular weight excluding hydrogens is 232 g/mol. The van der Waals surface area contributed by atoms with Gasteiger partial charge in [-0.15, -0.1) is 0 Å². The van der Waals surface area contributed by atoms with E-state index in [0.29, 0.717) is 11.0 Å². The van der Waals surface area contributed by atoms with Crippen LogP contribution in [-0.4, -0.2) is 20.6 Å². The van der Waals surface area contributed by atoms with Gasteiger partial charge in [0.2, 0.25) is 5.43 Å². The molecule has 2 heterocycles. The van der Waals surface area contributed by atoms with Gasteiger partial charge < -0.3 is 9.67 Å². The quantitative estimate of drug-likeness (QED) is 0.874. The van der Waals surface area contributed by atoms with E-state index < -0.39 is 11.4 Å². The van der Waals surface area contributed by atoms with Crippen LogP contribution in [0.3, 0.4) is 0 Å². The van der Waals surface area contributed by atoms with Crippen molar-refractivity contribution in [3.63, 3.8) is 0 Å². The van der Waals surface area contributed by atoms with E-state index in [9.17, 15) is 9.59 Å². The first-order valence-corrected chi connectivity index (χ1v) is 5.91. The molecule has 18 heavy (non-hydrogen) atoms. The summed E-state index contributed by atoms with van der Waals surface area (Å²) < 4.78 is 1.84. The van der Waals surface area contributed by atoms with Crippen LogP contribution in [0.2, 0.25) is 0 Å². The topological polar surface area (TPSA) is 72.2 Å². The Balaban J connectivity index is 2.36. The Labute approximate surface area is 103 Å². The van der Waals surface area contributed by atoms with E-state index in [-0.39, 0.29) is 11.6 Å². The van der Waals surface area contributed by atoms with Crippen LogP contribution in [0.15, 0.2) is 29.3 Å². The first-order chi connectivity index (χ1) is 8.68. The number of nitrogens with zero attached hydrogens (tertiary/aromatic N) is 2. The number of hydrogen-bond donors (Lipinski definition) is 1. The molecule has 92 valence electrons. The van der Waals surface area contributed by atoms with E-state index in [0.717, 1.165) is 19.3 Å². The summed E-state index contributed by atoms with van der Waals surface area (Å²) in [4.78, 5) is 27.3. The van der Waals surface area contributed by atoms with Crippen molar-refractivity contribution in [2.45, 2.75) is 25.3 Å². The Morgan fingerprint density at radius 3 is 2.83 bits per heavy atom. The molecule has 0 bridgehead atoms. The molecule has 5 nitrogen and oxygen atoms in total. The molecule has 5 heteroatoms. The van der Waals surface area contributed by atoms with Crippen molar-refractivity contribution in [1.29, 1.82) is 0 Å². The number of pyridine rings is 2. The summed E-state index contributed by atoms with van der Waals surface area (Å²) in [5.74, 6) is -1.18. The van der Waals surface area contributed by atoms with Gasteiger partial charge in [-0.05, 0) is 31.4 Å². The van der Waals surface area contributed by atoms with Crippen molar-refractivity contribution in [2.75, 3.05) is 0 Å². The lowest BCUT2D eigenvalue weighted by Crippen LogP contribution is -2.24. The van der Waals surface area contributed by atoms with Crippen LogP contribution < -0.4 is 5.43 Å². The summed E-state index contributed by atoms with van der Waals surface area (Å²) in [5, 5.41) is 9.47. The number of aromatic nitrogens is 2. The largest absolute Gasteiger partial charge is 0.477 e. The van der Waals surface area contributed by atoms with Crippen LogP contribution in [0.1, 0.15) is 35.7 Å². The highest BCUT2D eigenvalue weighted by molar-refractivity contribution is 5.91. The van der Waals surface area contributed by atoms with Gasteiger partial charge in [-0.2, -0.15) is 0 Å². The van der Waals surface area contributed by atoms with E-state index >= 15 is 0 Å². The molecule has 0 aromatic carbocycles. The highest BCUT2D eigenvalue weighted by atomic mass is 16.4. The van der Waals surface area contributed by atoms with Crippen molar-refractivity contribution < 1.29 is 9.90 Å². The molecule has 0 unspecified atom stereocenters. The summed E-state index contributed by atoms with van der Waals surface area (Å²) >= 11 is 0. The Morgan fingerprint density at radius 1 is 1.44 bits per heavy atom. The molecule has 2 aromatic rings. The fourth-order valence-corrected chi connectivity index (χ4v) is 2.28. The summed E-state index contributed by atoms with van der Waals surface area (Å²) in [6.07, 6.45) is 6.20. The van der Waals surface area contributed by atoms with Gasteiger partial charge >= 0.3 is 5.97 Å². The summed E-state index contributed by atoms with van der Waals surface area (Å²) in [5.41, 5.74) is -0.0548. The fourth-order valence-electron chi connectivity index (χ4n) is 2.28. The molecule has 1 aliphatic carbocycles. The Morgan fingerprint density at radius 2 is 2.22 bits per heavy atom. The Bertz CT molecular complexity index is 686. The molecule has 1 aliphatic rings. The average molecular weight is 244 g/mol. The van der Waals surface area contributed by atoms with Crippen LogP contribution in [0.25, 0.3) is 11.0 Å². The fraction of sp³-hybridized carbons (Fsp3) is 0.308. The zero-order chi connectivity index (χ0) is 12.7. The normalized spacial score (nSPS) is 15.6. The second kappa shape index (κ2) is 3.94. The summed E-state index contributed by atoms with van der Waals surface area (Å²) in [6, 6.07) is 3.55. The van der Waals surface area contributed by atoms with Crippen molar-refractivity contribution in [1.82, 2.24) is 9.55 Å². The van der Waals surface area contributed by atoms with Gasteiger partial charge in [0, 0.05) is 18.4 Å². The maximum absolute atomic E-state index is 12.0. The minimum Gasteiger partial charge on any atom is -0.477 e. The van der Waals surface area contributed by atoms with Gasteiger partial charge in [-0.1, -0.05) is 0 Å². The average Bonchev–Trinajstić information content (AvgIpc) is 2.30. The zero-order valence-corrected chi connectivity index (χ0v) is 9.67. The number of carboxylic acids is 1. The van der Waals surface area contributed by atoms with Crippen molar-refractivity contribution in [2.24, 2.45) is 0 Å². The summed E-state index contributed by atoms with van der Waals surface area (Å²) in [6.45, 7) is 0. The van der Waals surface area contributed by atoms with Gasteiger partial charge in [-0.3, -0.25) is 4.79 Å². The molecule has 0 amide bonds. The molecule has 0 saturated heterocycles. The first-order valence-electron chi connectivity index (χ1n) is 5.91. The summed E-state index contributed by atoms with van der Waals surface area (Å²) in [7, 11) is 0. The minimum absolute atomic E-state index is 0.178. The van der Waals surface area contributed by atoms with Crippen molar-refractivity contribution >= 4 is 17.0 Å². The standard InChI is InChI=1S/C13H12N2O3/c16-11-9-5-2-6-14-12(9)15(8-3-1-4-8)7-10(11)13(17)18/h2,5-8H,1,3-4H2,(H,17,18). The second-order valence-electron chi connectivity index (χ2n) is 4.54. The predicted octanol–water partition coefficient (Wildman–Crippen LogP) is 1.82. The van der Waals surface area contributed by atoms with E-state index in [2.05, 4.69) is 4.98 Å². The molecule has 1 saturated carbocycles. The molecule has 1 N–H and O–H groups in total. The third kappa shape index (κ3) is 1.51. The van der Waals surface area contributed by atoms with Crippen molar-refractivity contribution in [3.8, 4) is 0 Å². The van der Waals surface area contributed by atoms with Crippen LogP contribution in [0.5, 0.6) is 0 Å². The van der Waals surface area contributed by atoms with E-state index in [1.54, 1.807) is 18.3 Å². The minimum atomic E-state index is -1.18. The second-order valence-corrected chi connectivity index (χ2v) is 4.54. The van der Waals surface area contributed by atoms with Crippen LogP contribution in [0.4, 0.5) is 0 Å². The number of carbonyl (C=O) groups is 1. The molecule has 0 aliphatic heterocycles. The maximum atomic E-state index is 12.0. The Kier molecular flexibility index (Phi) is 2.40. The third-order valence-electron chi connectivity index (χ3n) is 3.49. The molecule has 1 fully saturated rings. The van der Waals surface area contributed by atoms with E-state index in [1.165, 1.54) is 6.20 Å². The molecule has 3 rings (SSSR count). The number of aromatic carboxylic acids is 1. The lowest BCUT2D eigenvalue weighted by atomic mass is 9.92. The highest BCUT2D eigenvalue weighted by Gasteiger charge is 2.23. The van der Waals surface area contributed by atoms with E-state index in [1.807, 2.05) is 4.57 Å². The van der Waals surface area contributed by atoms with Gasteiger partial charge in [0.25, 0.3) is 0 Å². The van der Waals surface area contributed by atoms with Gasteiger partial charge in [0.15, 0.2) is 0 Å². The lowest BCUT2D eigenvalue weighted by Gasteiger charge is -2.29. The number of hydrogen-bond acceptors (Lipinski definition) is 3. The Hall–Kier alpha value is -2.17. The number of fused-ring (bicyclic) bond motifs is 1. The number of carboxylic acid groups (broad SMARTS) is 1. The molecule has 0 atom stereocenters. The number of rotatable bonds is 2. The SMILES string of the molecule is O=C(O)c1cn(C2CCC2)c2ncccc2c1=O. The van der Waals surface area contributed by atoms with Crippen LogP contribution in [0, 0.1) is 0 Å². The molecule has 2 aromatic heterocycles. The van der Waals surface area contributed by atoms with E-state index in [4.69, 9.17) is 5.11 Å². The first kappa shape index (κ1) is 11.0. The zero-order valence-electron chi connectivity index (χ0n) is 9.67. The molecule has 0 spiro atoms. The van der Waals surface area contributed by atoms with Crippen molar-refractivity contribution in [3.05, 3.63) is 40.3 Å². The van der Waals surface area contributed by atoms with Gasteiger partial charge in [0.1, 0.15) is 11.2 Å². The van der Waals surface area contributed by atoms with Crippen LogP contribution in [-0.2, 0) is 0 Å². The smallest absolute Gasteiger partial charge is 0.341 e. The third-order valence-corrected chi connectivity index (χ3v) is 3.49. The monoisotopic (exact) mass is 244 g/mol. The highest BCUT2D eigenvalue weighted by Crippen LogP contribution is 2.33. The molecule has 0 radical (unpaired) electrons. The maximum Gasteiger partial charge on any atom is 0.341 e.